The molecular weight excluding hydrogens is 316 g/mol. The van der Waals surface area contributed by atoms with Gasteiger partial charge in [-0.1, -0.05) is 32.0 Å². The molecule has 1 fully saturated rings. The average Bonchev–Trinajstić information content (AvgIpc) is 2.62. The second-order valence-corrected chi connectivity index (χ2v) is 6.95. The summed E-state index contributed by atoms with van der Waals surface area (Å²) in [5, 5.41) is 12.1. The number of nitriles is 1. The fourth-order valence-corrected chi connectivity index (χ4v) is 2.71. The van der Waals surface area contributed by atoms with E-state index in [0.717, 1.165) is 0 Å². The largest absolute Gasteiger partial charge is 0.337 e. The second kappa shape index (κ2) is 8.13. The van der Waals surface area contributed by atoms with Gasteiger partial charge < -0.3 is 10.2 Å². The lowest BCUT2D eigenvalue weighted by Crippen LogP contribution is -2.55. The average molecular weight is 342 g/mol. The molecular formula is C19H26N4O2. The first-order chi connectivity index (χ1) is 11.9. The minimum absolute atomic E-state index is 0.0292. The van der Waals surface area contributed by atoms with E-state index in [1.54, 1.807) is 6.92 Å². The maximum Gasteiger partial charge on any atom is 0.253 e. The van der Waals surface area contributed by atoms with Crippen molar-refractivity contribution in [3.05, 3.63) is 35.9 Å². The van der Waals surface area contributed by atoms with E-state index in [0.29, 0.717) is 31.7 Å². The zero-order valence-electron chi connectivity index (χ0n) is 15.2. The van der Waals surface area contributed by atoms with Gasteiger partial charge in [0.2, 0.25) is 5.91 Å². The number of nitrogens with zero attached hydrogens (tertiary/aromatic N) is 3. The van der Waals surface area contributed by atoms with Crippen LogP contribution in [0.15, 0.2) is 30.3 Å². The Morgan fingerprint density at radius 1 is 1.20 bits per heavy atom. The van der Waals surface area contributed by atoms with Crippen LogP contribution in [0.4, 0.5) is 0 Å². The van der Waals surface area contributed by atoms with Crippen LogP contribution in [0.5, 0.6) is 0 Å². The summed E-state index contributed by atoms with van der Waals surface area (Å²) in [4.78, 5) is 28.5. The molecule has 6 nitrogen and oxygen atoms in total. The SMILES string of the molecule is CC(C)C(C)(C#N)NC(=O)CN1CCN(C(=O)c2ccccc2)CC1. The number of benzene rings is 1. The molecule has 1 aromatic rings. The van der Waals surface area contributed by atoms with Crippen LogP contribution in [0.3, 0.4) is 0 Å². The Kier molecular flexibility index (Phi) is 6.16. The number of carbonyl (C=O) groups is 2. The second-order valence-electron chi connectivity index (χ2n) is 6.95. The Bertz CT molecular complexity index is 645. The van der Waals surface area contributed by atoms with E-state index in [1.807, 2.05) is 54.0 Å². The zero-order chi connectivity index (χ0) is 18.4. The van der Waals surface area contributed by atoms with Gasteiger partial charge in [-0.3, -0.25) is 14.5 Å². The van der Waals surface area contributed by atoms with Crippen molar-refractivity contribution in [2.24, 2.45) is 5.92 Å². The lowest BCUT2D eigenvalue weighted by atomic mass is 9.90. The van der Waals surface area contributed by atoms with Gasteiger partial charge >= 0.3 is 0 Å². The third kappa shape index (κ3) is 4.80. The van der Waals surface area contributed by atoms with Gasteiger partial charge in [-0.25, -0.2) is 0 Å². The summed E-state index contributed by atoms with van der Waals surface area (Å²) in [5.74, 6) is -0.0936. The highest BCUT2D eigenvalue weighted by atomic mass is 16.2. The van der Waals surface area contributed by atoms with Gasteiger partial charge in [-0.2, -0.15) is 5.26 Å². The maximum atomic E-state index is 12.4. The van der Waals surface area contributed by atoms with Crippen LogP contribution in [0.1, 0.15) is 31.1 Å². The highest BCUT2D eigenvalue weighted by molar-refractivity contribution is 5.94. The molecule has 1 aromatic carbocycles. The van der Waals surface area contributed by atoms with Crippen LogP contribution < -0.4 is 5.32 Å². The molecule has 134 valence electrons. The van der Waals surface area contributed by atoms with E-state index in [4.69, 9.17) is 0 Å². The van der Waals surface area contributed by atoms with Gasteiger partial charge in [-0.15, -0.1) is 0 Å². The molecule has 2 rings (SSSR count). The Hall–Kier alpha value is -2.39. The smallest absolute Gasteiger partial charge is 0.253 e. The Morgan fingerprint density at radius 2 is 1.80 bits per heavy atom. The highest BCUT2D eigenvalue weighted by Gasteiger charge is 2.31. The third-order valence-corrected chi connectivity index (χ3v) is 4.83. The first-order valence-corrected chi connectivity index (χ1v) is 8.64. The predicted octanol–water partition coefficient (Wildman–Crippen LogP) is 1.50. The standard InChI is InChI=1S/C19H26N4O2/c1-15(2)19(3,14-20)21-17(24)13-22-9-11-23(12-10-22)18(25)16-7-5-4-6-8-16/h4-8,15H,9-13H2,1-3H3,(H,21,24). The van der Waals surface area contributed by atoms with E-state index in [2.05, 4.69) is 11.4 Å². The van der Waals surface area contributed by atoms with Crippen LogP contribution in [-0.4, -0.2) is 59.9 Å². The van der Waals surface area contributed by atoms with Crippen molar-refractivity contribution in [1.29, 1.82) is 5.26 Å². The number of rotatable bonds is 5. The van der Waals surface area contributed by atoms with E-state index in [9.17, 15) is 14.9 Å². The molecule has 1 atom stereocenters. The van der Waals surface area contributed by atoms with Gasteiger partial charge in [0.15, 0.2) is 0 Å². The quantitative estimate of drug-likeness (QED) is 0.880. The molecule has 0 aliphatic carbocycles. The number of nitrogens with one attached hydrogen (secondary N) is 1. The number of piperazine rings is 1. The molecule has 6 heteroatoms. The van der Waals surface area contributed by atoms with Gasteiger partial charge in [-0.05, 0) is 25.0 Å². The Balaban J connectivity index is 1.83. The van der Waals surface area contributed by atoms with Crippen molar-refractivity contribution >= 4 is 11.8 Å². The molecule has 1 unspecified atom stereocenters. The van der Waals surface area contributed by atoms with Gasteiger partial charge in [0.25, 0.3) is 5.91 Å². The van der Waals surface area contributed by atoms with Crippen molar-refractivity contribution in [2.45, 2.75) is 26.3 Å². The van der Waals surface area contributed by atoms with Crippen LogP contribution in [0, 0.1) is 17.2 Å². The van der Waals surface area contributed by atoms with Crippen LogP contribution in [0.25, 0.3) is 0 Å². The number of hydrogen-bond donors (Lipinski definition) is 1. The lowest BCUT2D eigenvalue weighted by Gasteiger charge is -2.35. The number of carbonyl (C=O) groups excluding carboxylic acids is 2. The fraction of sp³-hybridized carbons (Fsp3) is 0.526. The van der Waals surface area contributed by atoms with E-state index in [-0.39, 0.29) is 24.3 Å². The maximum absolute atomic E-state index is 12.4. The monoisotopic (exact) mass is 342 g/mol. The number of hydrogen-bond acceptors (Lipinski definition) is 4. The summed E-state index contributed by atoms with van der Waals surface area (Å²) in [5.41, 5.74) is -0.169. The van der Waals surface area contributed by atoms with Crippen LogP contribution in [-0.2, 0) is 4.79 Å². The summed E-state index contributed by atoms with van der Waals surface area (Å²) < 4.78 is 0. The number of amides is 2. The minimum Gasteiger partial charge on any atom is -0.337 e. The van der Waals surface area contributed by atoms with Gasteiger partial charge in [0, 0.05) is 31.7 Å². The third-order valence-electron chi connectivity index (χ3n) is 4.83. The van der Waals surface area contributed by atoms with Crippen molar-refractivity contribution in [3.8, 4) is 6.07 Å². The normalized spacial score (nSPS) is 17.6. The Labute approximate surface area is 149 Å². The van der Waals surface area contributed by atoms with Crippen molar-refractivity contribution in [3.63, 3.8) is 0 Å². The van der Waals surface area contributed by atoms with Gasteiger partial charge in [0.1, 0.15) is 5.54 Å². The van der Waals surface area contributed by atoms with E-state index < -0.39 is 5.54 Å². The highest BCUT2D eigenvalue weighted by Crippen LogP contribution is 2.15. The molecule has 0 spiro atoms. The molecule has 25 heavy (non-hydrogen) atoms. The summed E-state index contributed by atoms with van der Waals surface area (Å²) in [6.07, 6.45) is 0. The van der Waals surface area contributed by atoms with Gasteiger partial charge in [0.05, 0.1) is 12.6 Å². The Morgan fingerprint density at radius 3 is 2.32 bits per heavy atom. The predicted molar refractivity (Wildman–Crippen MR) is 95.8 cm³/mol. The molecule has 1 aliphatic heterocycles. The van der Waals surface area contributed by atoms with Crippen molar-refractivity contribution < 1.29 is 9.59 Å². The topological polar surface area (TPSA) is 76.4 Å². The summed E-state index contributed by atoms with van der Waals surface area (Å²) in [6.45, 7) is 8.31. The molecule has 0 aromatic heterocycles. The summed E-state index contributed by atoms with van der Waals surface area (Å²) in [6, 6.07) is 11.4. The molecule has 0 radical (unpaired) electrons. The van der Waals surface area contributed by atoms with Crippen LogP contribution >= 0.6 is 0 Å². The lowest BCUT2D eigenvalue weighted by molar-refractivity contribution is -0.124. The van der Waals surface area contributed by atoms with E-state index >= 15 is 0 Å². The minimum atomic E-state index is -0.859. The molecule has 1 saturated heterocycles. The zero-order valence-corrected chi connectivity index (χ0v) is 15.2. The molecule has 0 bridgehead atoms. The molecule has 1 N–H and O–H groups in total. The molecule has 0 saturated carbocycles. The summed E-state index contributed by atoms with van der Waals surface area (Å²) in [7, 11) is 0. The molecule has 2 amide bonds. The van der Waals surface area contributed by atoms with Crippen molar-refractivity contribution in [2.75, 3.05) is 32.7 Å². The van der Waals surface area contributed by atoms with Crippen LogP contribution in [0.2, 0.25) is 0 Å². The fourth-order valence-electron chi connectivity index (χ4n) is 2.71. The van der Waals surface area contributed by atoms with E-state index in [1.165, 1.54) is 0 Å². The van der Waals surface area contributed by atoms with Crippen molar-refractivity contribution in [1.82, 2.24) is 15.1 Å². The first kappa shape index (κ1) is 18.9. The first-order valence-electron chi connectivity index (χ1n) is 8.64. The molecule has 1 heterocycles. The molecule has 1 aliphatic rings. The summed E-state index contributed by atoms with van der Waals surface area (Å²) >= 11 is 0.